The summed E-state index contributed by atoms with van der Waals surface area (Å²) in [6, 6.07) is 0. The van der Waals surface area contributed by atoms with E-state index in [-0.39, 0.29) is 23.4 Å². The lowest BCUT2D eigenvalue weighted by molar-refractivity contribution is -0.901. The molecule has 124 valence electrons. The van der Waals surface area contributed by atoms with Gasteiger partial charge in [0.05, 0.1) is 19.2 Å². The van der Waals surface area contributed by atoms with Gasteiger partial charge in [0.15, 0.2) is 5.69 Å². The molecule has 1 fully saturated rings. The van der Waals surface area contributed by atoms with E-state index in [2.05, 4.69) is 25.3 Å². The van der Waals surface area contributed by atoms with Crippen molar-refractivity contribution in [2.45, 2.75) is 39.3 Å². The second-order valence-electron chi connectivity index (χ2n) is 5.86. The molecule has 0 unspecified atom stereocenters. The van der Waals surface area contributed by atoms with E-state index in [0.29, 0.717) is 12.2 Å². The maximum Gasteiger partial charge on any atom is 0.361 e. The summed E-state index contributed by atoms with van der Waals surface area (Å²) >= 11 is 0. The third-order valence-electron chi connectivity index (χ3n) is 3.72. The Morgan fingerprint density at radius 3 is 2.74 bits per heavy atom. The molecule has 0 saturated carbocycles. The van der Waals surface area contributed by atoms with Gasteiger partial charge in [-0.15, -0.1) is 5.10 Å². The van der Waals surface area contributed by atoms with Crippen molar-refractivity contribution in [3.63, 3.8) is 0 Å². The Hall–Kier alpha value is -2.49. The predicted octanol–water partition coefficient (Wildman–Crippen LogP) is -1.02. The number of aromatic nitrogens is 5. The Kier molecular flexibility index (Phi) is 4.24. The second kappa shape index (κ2) is 6.32. The van der Waals surface area contributed by atoms with E-state index < -0.39 is 5.97 Å². The summed E-state index contributed by atoms with van der Waals surface area (Å²) in [5.41, 5.74) is 6.52. The number of carbonyl (C=O) groups is 1. The van der Waals surface area contributed by atoms with Crippen molar-refractivity contribution in [2.75, 3.05) is 18.8 Å². The molecule has 10 nitrogen and oxygen atoms in total. The molecule has 3 N–H and O–H groups in total. The first-order chi connectivity index (χ1) is 11.1. The molecule has 0 bridgehead atoms. The third-order valence-corrected chi connectivity index (χ3v) is 3.72. The van der Waals surface area contributed by atoms with Crippen LogP contribution in [0, 0.1) is 0 Å². The van der Waals surface area contributed by atoms with Gasteiger partial charge in [0.2, 0.25) is 11.6 Å². The second-order valence-corrected chi connectivity index (χ2v) is 5.86. The Balaban J connectivity index is 1.97. The lowest BCUT2D eigenvalue weighted by atomic mass is 10.3. The van der Waals surface area contributed by atoms with Gasteiger partial charge in [0, 0.05) is 12.8 Å². The molecule has 0 spiro atoms. The van der Waals surface area contributed by atoms with Gasteiger partial charge < -0.3 is 15.4 Å². The molecule has 0 atom stereocenters. The van der Waals surface area contributed by atoms with Gasteiger partial charge in [-0.2, -0.15) is 4.68 Å². The zero-order chi connectivity index (χ0) is 16.4. The van der Waals surface area contributed by atoms with Crippen LogP contribution in [0.2, 0.25) is 0 Å². The lowest BCUT2D eigenvalue weighted by Crippen LogP contribution is -3.08. The average Bonchev–Trinajstić information content (AvgIpc) is 3.19. The predicted molar refractivity (Wildman–Crippen MR) is 77.8 cm³/mol. The van der Waals surface area contributed by atoms with Crippen LogP contribution in [0.5, 0.6) is 0 Å². The molecule has 0 aromatic carbocycles. The number of esters is 1. The number of quaternary nitrogens is 1. The van der Waals surface area contributed by atoms with E-state index in [1.807, 2.05) is 0 Å². The average molecular weight is 322 g/mol. The maximum absolute atomic E-state index is 12.3. The fraction of sp³-hybridized carbons (Fsp3) is 0.615. The van der Waals surface area contributed by atoms with Gasteiger partial charge in [-0.05, 0) is 24.2 Å². The minimum Gasteiger partial charge on any atom is -0.458 e. The summed E-state index contributed by atoms with van der Waals surface area (Å²) in [7, 11) is 0. The molecular weight excluding hydrogens is 302 g/mol. The number of hydrogen-bond acceptors (Lipinski definition) is 8. The van der Waals surface area contributed by atoms with Crippen molar-refractivity contribution in [3.8, 4) is 5.82 Å². The van der Waals surface area contributed by atoms with Crippen LogP contribution >= 0.6 is 0 Å². The van der Waals surface area contributed by atoms with Crippen LogP contribution in [0.15, 0.2) is 4.63 Å². The van der Waals surface area contributed by atoms with E-state index in [4.69, 9.17) is 10.5 Å². The Morgan fingerprint density at radius 2 is 2.13 bits per heavy atom. The molecule has 23 heavy (non-hydrogen) atoms. The molecule has 0 aliphatic carbocycles. The molecule has 1 aliphatic heterocycles. The van der Waals surface area contributed by atoms with Crippen molar-refractivity contribution >= 4 is 11.8 Å². The van der Waals surface area contributed by atoms with Crippen LogP contribution in [-0.2, 0) is 11.3 Å². The van der Waals surface area contributed by atoms with Crippen molar-refractivity contribution in [2.24, 2.45) is 0 Å². The highest BCUT2D eigenvalue weighted by Crippen LogP contribution is 2.16. The molecule has 2 aromatic heterocycles. The SMILES string of the molecule is CC(C)OC(=O)c1nnn(-c2nonc2N)c1C[NH+]1CCCC1. The first-order valence-corrected chi connectivity index (χ1v) is 7.63. The van der Waals surface area contributed by atoms with Crippen molar-refractivity contribution in [1.29, 1.82) is 0 Å². The van der Waals surface area contributed by atoms with Crippen molar-refractivity contribution < 1.29 is 19.1 Å². The van der Waals surface area contributed by atoms with Gasteiger partial charge in [0.1, 0.15) is 12.2 Å². The molecule has 1 saturated heterocycles. The highest BCUT2D eigenvalue weighted by Gasteiger charge is 2.29. The van der Waals surface area contributed by atoms with Crippen LogP contribution in [0.25, 0.3) is 5.82 Å². The van der Waals surface area contributed by atoms with Crippen molar-refractivity contribution in [3.05, 3.63) is 11.4 Å². The van der Waals surface area contributed by atoms with E-state index in [9.17, 15) is 4.79 Å². The van der Waals surface area contributed by atoms with Crippen LogP contribution in [-0.4, -0.2) is 50.5 Å². The number of nitrogens with one attached hydrogen (secondary N) is 1. The Labute approximate surface area is 132 Å². The Bertz CT molecular complexity index is 688. The molecule has 2 aromatic rings. The zero-order valence-corrected chi connectivity index (χ0v) is 13.2. The highest BCUT2D eigenvalue weighted by molar-refractivity contribution is 5.88. The smallest absolute Gasteiger partial charge is 0.361 e. The van der Waals surface area contributed by atoms with Crippen LogP contribution in [0.1, 0.15) is 42.9 Å². The number of hydrogen-bond donors (Lipinski definition) is 2. The quantitative estimate of drug-likeness (QED) is 0.670. The maximum atomic E-state index is 12.3. The summed E-state index contributed by atoms with van der Waals surface area (Å²) in [4.78, 5) is 13.6. The summed E-state index contributed by atoms with van der Waals surface area (Å²) in [5.74, 6) is -0.180. The number of rotatable bonds is 5. The number of likely N-dealkylation sites (tertiary alicyclic amines) is 1. The minimum atomic E-state index is -0.505. The van der Waals surface area contributed by atoms with E-state index >= 15 is 0 Å². The number of nitrogens with two attached hydrogens (primary N) is 1. The van der Waals surface area contributed by atoms with Gasteiger partial charge in [0.25, 0.3) is 0 Å². The minimum absolute atomic E-state index is 0.0938. The lowest BCUT2D eigenvalue weighted by Gasteiger charge is -2.13. The standard InChI is InChI=1S/C13H19N7O3/c1-8(2)22-13(21)10-9(7-19-5-3-4-6-19)20(18-15-10)12-11(14)16-23-17-12/h8H,3-7H2,1-2H3,(H2,14,16)/p+1. The fourth-order valence-electron chi connectivity index (χ4n) is 2.69. The van der Waals surface area contributed by atoms with E-state index in [1.165, 1.54) is 9.58 Å². The van der Waals surface area contributed by atoms with Crippen LogP contribution in [0.3, 0.4) is 0 Å². The van der Waals surface area contributed by atoms with Gasteiger partial charge in [-0.1, -0.05) is 5.21 Å². The zero-order valence-electron chi connectivity index (χ0n) is 13.2. The number of nitrogen functional groups attached to an aromatic ring is 1. The van der Waals surface area contributed by atoms with Gasteiger partial charge in [-0.3, -0.25) is 0 Å². The number of carbonyl (C=O) groups excluding carboxylic acids is 1. The van der Waals surface area contributed by atoms with Crippen LogP contribution in [0.4, 0.5) is 5.82 Å². The summed E-state index contributed by atoms with van der Waals surface area (Å²) in [6.45, 7) is 6.23. The largest absolute Gasteiger partial charge is 0.458 e. The first-order valence-electron chi connectivity index (χ1n) is 7.63. The molecule has 3 heterocycles. The number of ether oxygens (including phenoxy) is 1. The molecular formula is C13H20N7O3+. The Morgan fingerprint density at radius 1 is 1.39 bits per heavy atom. The number of anilines is 1. The molecule has 1 aliphatic rings. The third kappa shape index (κ3) is 3.16. The molecule has 0 radical (unpaired) electrons. The van der Waals surface area contributed by atoms with E-state index in [0.717, 1.165) is 25.9 Å². The first kappa shape index (κ1) is 15.4. The van der Waals surface area contributed by atoms with E-state index in [1.54, 1.807) is 13.8 Å². The monoisotopic (exact) mass is 322 g/mol. The highest BCUT2D eigenvalue weighted by atomic mass is 16.6. The topological polar surface area (TPSA) is 126 Å². The normalized spacial score (nSPS) is 15.4. The molecule has 3 rings (SSSR count). The fourth-order valence-corrected chi connectivity index (χ4v) is 2.69. The molecule has 0 amide bonds. The van der Waals surface area contributed by atoms with Gasteiger partial charge in [-0.25, -0.2) is 9.42 Å². The summed E-state index contributed by atoms with van der Waals surface area (Å²) in [6.07, 6.45) is 2.09. The molecule has 10 heteroatoms. The summed E-state index contributed by atoms with van der Waals surface area (Å²) < 4.78 is 11.3. The van der Waals surface area contributed by atoms with Gasteiger partial charge >= 0.3 is 5.97 Å². The number of nitrogens with zero attached hydrogens (tertiary/aromatic N) is 5. The summed E-state index contributed by atoms with van der Waals surface area (Å²) in [5, 5.41) is 15.3. The van der Waals surface area contributed by atoms with Crippen LogP contribution < -0.4 is 10.6 Å². The van der Waals surface area contributed by atoms with Crippen molar-refractivity contribution in [1.82, 2.24) is 25.3 Å².